The molecule has 0 bridgehead atoms. The minimum atomic E-state index is -0.745. The number of benzene rings is 1. The molecule has 0 saturated carbocycles. The number of hydrogen-bond donors (Lipinski definition) is 1. The van der Waals surface area contributed by atoms with Crippen molar-refractivity contribution in [2.45, 2.75) is 0 Å². The molecular formula is C15H13N7O5. The SMILES string of the molecule is COc1cc(C(=O)Nc2cc(-n3cncn3)ncn2)c([N+](=O)[O-])cc1OC. The molecule has 0 unspecified atom stereocenters. The zero-order chi connectivity index (χ0) is 19.4. The number of hydrogen-bond acceptors (Lipinski definition) is 9. The van der Waals surface area contributed by atoms with Crippen LogP contribution in [0.4, 0.5) is 11.5 Å². The number of methoxy groups -OCH3 is 2. The van der Waals surface area contributed by atoms with Gasteiger partial charge in [0.05, 0.1) is 25.2 Å². The molecule has 1 amide bonds. The Balaban J connectivity index is 1.94. The summed E-state index contributed by atoms with van der Waals surface area (Å²) in [7, 11) is 2.70. The number of aromatic nitrogens is 5. The summed E-state index contributed by atoms with van der Waals surface area (Å²) in [4.78, 5) is 35.0. The number of nitro groups is 1. The second-order valence-corrected chi connectivity index (χ2v) is 5.04. The van der Waals surface area contributed by atoms with Gasteiger partial charge in [-0.15, -0.1) is 0 Å². The Kier molecular flexibility index (Phi) is 4.88. The molecule has 138 valence electrons. The molecule has 12 heteroatoms. The van der Waals surface area contributed by atoms with Gasteiger partial charge in [-0.3, -0.25) is 14.9 Å². The predicted octanol–water partition coefficient (Wildman–Crippen LogP) is 1.23. The molecule has 3 aromatic rings. The fourth-order valence-electron chi connectivity index (χ4n) is 2.25. The maximum Gasteiger partial charge on any atom is 0.286 e. The molecule has 0 fully saturated rings. The highest BCUT2D eigenvalue weighted by Crippen LogP contribution is 2.34. The lowest BCUT2D eigenvalue weighted by atomic mass is 10.1. The molecule has 0 radical (unpaired) electrons. The molecule has 0 spiro atoms. The van der Waals surface area contributed by atoms with Gasteiger partial charge in [-0.1, -0.05) is 0 Å². The van der Waals surface area contributed by atoms with Crippen molar-refractivity contribution in [1.82, 2.24) is 24.7 Å². The van der Waals surface area contributed by atoms with Gasteiger partial charge in [0.1, 0.15) is 30.4 Å². The number of anilines is 1. The zero-order valence-electron chi connectivity index (χ0n) is 14.2. The van der Waals surface area contributed by atoms with Crippen molar-refractivity contribution in [2.75, 3.05) is 19.5 Å². The lowest BCUT2D eigenvalue weighted by Gasteiger charge is -2.11. The van der Waals surface area contributed by atoms with Crippen molar-refractivity contribution in [3.8, 4) is 17.3 Å². The molecule has 2 aromatic heterocycles. The number of ether oxygens (including phenoxy) is 2. The maximum absolute atomic E-state index is 12.6. The monoisotopic (exact) mass is 371 g/mol. The van der Waals surface area contributed by atoms with Crippen LogP contribution in [0.15, 0.2) is 37.2 Å². The van der Waals surface area contributed by atoms with Crippen molar-refractivity contribution >= 4 is 17.4 Å². The van der Waals surface area contributed by atoms with E-state index in [4.69, 9.17) is 9.47 Å². The summed E-state index contributed by atoms with van der Waals surface area (Å²) in [6.45, 7) is 0. The standard InChI is InChI=1S/C15H13N7O5/c1-26-11-3-9(10(22(24)25)4-12(11)27-2)15(23)20-13-5-14(18-7-17-13)21-8-16-6-19-21/h3-8H,1-2H3,(H,17,18,20,23). The first-order valence-electron chi connectivity index (χ1n) is 7.42. The topological polar surface area (TPSA) is 147 Å². The highest BCUT2D eigenvalue weighted by Gasteiger charge is 2.25. The summed E-state index contributed by atoms with van der Waals surface area (Å²) in [5, 5.41) is 17.8. The minimum Gasteiger partial charge on any atom is -0.493 e. The molecule has 1 aromatic carbocycles. The van der Waals surface area contributed by atoms with Crippen molar-refractivity contribution < 1.29 is 19.2 Å². The smallest absolute Gasteiger partial charge is 0.286 e. The van der Waals surface area contributed by atoms with E-state index in [2.05, 4.69) is 25.4 Å². The maximum atomic E-state index is 12.6. The number of amides is 1. The minimum absolute atomic E-state index is 0.129. The van der Waals surface area contributed by atoms with Crippen LogP contribution in [-0.4, -0.2) is 49.8 Å². The number of carbonyl (C=O) groups excluding carboxylic acids is 1. The van der Waals surface area contributed by atoms with Gasteiger partial charge in [0.15, 0.2) is 17.3 Å². The molecule has 0 aliphatic rings. The first kappa shape index (κ1) is 17.7. The number of nitrogens with one attached hydrogen (secondary N) is 1. The van der Waals surface area contributed by atoms with E-state index in [-0.39, 0.29) is 22.9 Å². The normalized spacial score (nSPS) is 10.3. The Bertz CT molecular complexity index is 990. The van der Waals surface area contributed by atoms with E-state index in [1.165, 1.54) is 50.0 Å². The summed E-state index contributed by atoms with van der Waals surface area (Å²) < 4.78 is 11.5. The molecule has 0 aliphatic carbocycles. The summed E-state index contributed by atoms with van der Waals surface area (Å²) in [5.74, 6) is 0.0607. The van der Waals surface area contributed by atoms with E-state index in [1.54, 1.807) is 0 Å². The van der Waals surface area contributed by atoms with E-state index in [0.29, 0.717) is 5.82 Å². The van der Waals surface area contributed by atoms with Crippen LogP contribution in [0, 0.1) is 10.1 Å². The van der Waals surface area contributed by atoms with Crippen LogP contribution in [0.2, 0.25) is 0 Å². The first-order chi connectivity index (χ1) is 13.0. The Labute approximate surface area is 151 Å². The molecule has 0 aliphatic heterocycles. The summed E-state index contributed by atoms with van der Waals surface area (Å²) in [6.07, 6.45) is 3.97. The van der Waals surface area contributed by atoms with E-state index in [9.17, 15) is 14.9 Å². The average molecular weight is 371 g/mol. The zero-order valence-corrected chi connectivity index (χ0v) is 14.2. The second kappa shape index (κ2) is 7.43. The van der Waals surface area contributed by atoms with Gasteiger partial charge in [0.25, 0.3) is 11.6 Å². The van der Waals surface area contributed by atoms with Crippen LogP contribution in [0.3, 0.4) is 0 Å². The Morgan fingerprint density at radius 2 is 1.89 bits per heavy atom. The first-order valence-corrected chi connectivity index (χ1v) is 7.42. The third-order valence-corrected chi connectivity index (χ3v) is 3.49. The fourth-order valence-corrected chi connectivity index (χ4v) is 2.25. The molecule has 12 nitrogen and oxygen atoms in total. The van der Waals surface area contributed by atoms with Crippen LogP contribution in [0.1, 0.15) is 10.4 Å². The highest BCUT2D eigenvalue weighted by molar-refractivity contribution is 6.07. The van der Waals surface area contributed by atoms with Gasteiger partial charge in [-0.25, -0.2) is 19.6 Å². The lowest BCUT2D eigenvalue weighted by molar-refractivity contribution is -0.385. The fraction of sp³-hybridized carbons (Fsp3) is 0.133. The van der Waals surface area contributed by atoms with Crippen LogP contribution in [-0.2, 0) is 0 Å². The Morgan fingerprint density at radius 1 is 1.15 bits per heavy atom. The molecule has 0 saturated heterocycles. The molecule has 0 atom stereocenters. The Morgan fingerprint density at radius 3 is 2.52 bits per heavy atom. The van der Waals surface area contributed by atoms with Crippen molar-refractivity contribution in [3.63, 3.8) is 0 Å². The van der Waals surface area contributed by atoms with Crippen LogP contribution < -0.4 is 14.8 Å². The second-order valence-electron chi connectivity index (χ2n) is 5.04. The highest BCUT2D eigenvalue weighted by atomic mass is 16.6. The Hall–Kier alpha value is -4.09. The largest absolute Gasteiger partial charge is 0.493 e. The van der Waals surface area contributed by atoms with Crippen molar-refractivity contribution in [2.24, 2.45) is 0 Å². The van der Waals surface area contributed by atoms with Crippen molar-refractivity contribution in [1.29, 1.82) is 0 Å². The third-order valence-electron chi connectivity index (χ3n) is 3.49. The van der Waals surface area contributed by atoms with E-state index in [0.717, 1.165) is 6.07 Å². The molecular weight excluding hydrogens is 358 g/mol. The molecule has 3 rings (SSSR count). The molecule has 27 heavy (non-hydrogen) atoms. The van der Waals surface area contributed by atoms with E-state index in [1.807, 2.05) is 0 Å². The summed E-state index contributed by atoms with van der Waals surface area (Å²) >= 11 is 0. The van der Waals surface area contributed by atoms with Gasteiger partial charge in [0.2, 0.25) is 0 Å². The molecule has 2 heterocycles. The van der Waals surface area contributed by atoms with E-state index >= 15 is 0 Å². The van der Waals surface area contributed by atoms with E-state index < -0.39 is 16.5 Å². The van der Waals surface area contributed by atoms with Gasteiger partial charge >= 0.3 is 0 Å². The van der Waals surface area contributed by atoms with Crippen LogP contribution in [0.5, 0.6) is 11.5 Å². The summed E-state index contributed by atoms with van der Waals surface area (Å²) in [5.41, 5.74) is -0.644. The van der Waals surface area contributed by atoms with Gasteiger partial charge in [-0.05, 0) is 0 Å². The van der Waals surface area contributed by atoms with Gasteiger partial charge in [0, 0.05) is 12.1 Å². The van der Waals surface area contributed by atoms with Gasteiger partial charge in [-0.2, -0.15) is 5.10 Å². The number of nitro benzene ring substituents is 1. The molecule has 1 N–H and O–H groups in total. The quantitative estimate of drug-likeness (QED) is 0.499. The third kappa shape index (κ3) is 3.63. The van der Waals surface area contributed by atoms with Crippen LogP contribution in [0.25, 0.3) is 5.82 Å². The number of rotatable bonds is 6. The van der Waals surface area contributed by atoms with Crippen molar-refractivity contribution in [3.05, 3.63) is 52.9 Å². The lowest BCUT2D eigenvalue weighted by Crippen LogP contribution is -2.16. The number of nitrogens with zero attached hydrogens (tertiary/aromatic N) is 6. The summed E-state index contributed by atoms with van der Waals surface area (Å²) in [6, 6.07) is 3.79. The predicted molar refractivity (Wildman–Crippen MR) is 91.1 cm³/mol. The average Bonchev–Trinajstić information content (AvgIpc) is 3.21. The van der Waals surface area contributed by atoms with Gasteiger partial charge < -0.3 is 14.8 Å². The van der Waals surface area contributed by atoms with Crippen LogP contribution >= 0.6 is 0 Å². The number of carbonyl (C=O) groups is 1.